The van der Waals surface area contributed by atoms with Gasteiger partial charge < -0.3 is 15.7 Å². The van der Waals surface area contributed by atoms with Crippen LogP contribution in [0.3, 0.4) is 0 Å². The zero-order valence-corrected chi connectivity index (χ0v) is 13.0. The molecule has 2 amide bonds. The summed E-state index contributed by atoms with van der Waals surface area (Å²) in [6, 6.07) is 7.68. The van der Waals surface area contributed by atoms with E-state index in [0.717, 1.165) is 5.56 Å². The number of hydrogen-bond donors (Lipinski definition) is 3. The van der Waals surface area contributed by atoms with Crippen molar-refractivity contribution in [2.45, 2.75) is 52.2 Å². The summed E-state index contributed by atoms with van der Waals surface area (Å²) in [6.45, 7) is 10.4. The molecule has 0 fully saturated rings. The highest BCUT2D eigenvalue weighted by Crippen LogP contribution is 2.23. The van der Waals surface area contributed by atoms with Crippen molar-refractivity contribution in [2.24, 2.45) is 0 Å². The molecular formula is C16H26N2O2. The number of aliphatic hydroxyl groups excluding tert-OH is 1. The van der Waals surface area contributed by atoms with E-state index in [-0.39, 0.29) is 24.0 Å². The zero-order chi connectivity index (χ0) is 15.3. The van der Waals surface area contributed by atoms with Gasteiger partial charge in [0.2, 0.25) is 0 Å². The van der Waals surface area contributed by atoms with Gasteiger partial charge >= 0.3 is 6.03 Å². The van der Waals surface area contributed by atoms with E-state index in [9.17, 15) is 9.90 Å². The summed E-state index contributed by atoms with van der Waals surface area (Å²) in [5.74, 6) is 0. The van der Waals surface area contributed by atoms with Crippen LogP contribution in [0.25, 0.3) is 0 Å². The van der Waals surface area contributed by atoms with Gasteiger partial charge in [0.1, 0.15) is 0 Å². The smallest absolute Gasteiger partial charge is 0.315 e. The van der Waals surface area contributed by atoms with Gasteiger partial charge in [0, 0.05) is 12.6 Å². The molecule has 0 saturated heterocycles. The van der Waals surface area contributed by atoms with E-state index in [4.69, 9.17) is 0 Å². The van der Waals surface area contributed by atoms with Gasteiger partial charge in [0.15, 0.2) is 0 Å². The number of aliphatic hydroxyl groups is 1. The fourth-order valence-corrected chi connectivity index (χ4v) is 1.83. The lowest BCUT2D eigenvalue weighted by molar-refractivity contribution is 0.172. The van der Waals surface area contributed by atoms with Crippen LogP contribution in [0, 0.1) is 0 Å². The predicted octanol–water partition coefficient (Wildman–Crippen LogP) is 2.73. The summed E-state index contributed by atoms with van der Waals surface area (Å²) in [5, 5.41) is 15.4. The van der Waals surface area contributed by atoms with E-state index in [1.165, 1.54) is 5.56 Å². The van der Waals surface area contributed by atoms with E-state index >= 15 is 0 Å². The first-order chi connectivity index (χ1) is 9.20. The molecule has 0 bridgehead atoms. The number of carbonyl (C=O) groups excluding carboxylic acids is 1. The van der Waals surface area contributed by atoms with E-state index in [1.54, 1.807) is 0 Å². The van der Waals surface area contributed by atoms with Gasteiger partial charge in [-0.25, -0.2) is 4.79 Å². The first kappa shape index (κ1) is 16.5. The summed E-state index contributed by atoms with van der Waals surface area (Å²) in [5.41, 5.74) is 2.13. The molecular weight excluding hydrogens is 252 g/mol. The topological polar surface area (TPSA) is 61.4 Å². The number of hydrogen-bond acceptors (Lipinski definition) is 2. The molecule has 1 aromatic rings. The number of amides is 2. The second-order valence-electron chi connectivity index (χ2n) is 6.40. The molecule has 112 valence electrons. The van der Waals surface area contributed by atoms with Crippen LogP contribution < -0.4 is 10.6 Å². The summed E-state index contributed by atoms with van der Waals surface area (Å²) in [6.07, 6.45) is -0.693. The Morgan fingerprint density at radius 3 is 2.20 bits per heavy atom. The fraction of sp³-hybridized carbons (Fsp3) is 0.562. The maximum absolute atomic E-state index is 11.4. The SMILES string of the molecule is CC(C)NC(=O)NCC(O)c1ccc(C(C)(C)C)cc1. The summed E-state index contributed by atoms with van der Waals surface area (Å²) >= 11 is 0. The van der Waals surface area contributed by atoms with Gasteiger partial charge in [-0.1, -0.05) is 45.0 Å². The van der Waals surface area contributed by atoms with Crippen LogP contribution in [0.15, 0.2) is 24.3 Å². The van der Waals surface area contributed by atoms with Crippen LogP contribution in [0.2, 0.25) is 0 Å². The molecule has 0 spiro atoms. The Bertz CT molecular complexity index is 433. The predicted molar refractivity (Wildman–Crippen MR) is 81.8 cm³/mol. The first-order valence-corrected chi connectivity index (χ1v) is 7.03. The van der Waals surface area contributed by atoms with Crippen LogP contribution in [0.1, 0.15) is 51.8 Å². The number of rotatable bonds is 4. The monoisotopic (exact) mass is 278 g/mol. The number of benzene rings is 1. The van der Waals surface area contributed by atoms with Crippen molar-refractivity contribution in [3.63, 3.8) is 0 Å². The van der Waals surface area contributed by atoms with Gasteiger partial charge in [-0.2, -0.15) is 0 Å². The lowest BCUT2D eigenvalue weighted by Gasteiger charge is -2.20. The van der Waals surface area contributed by atoms with Crippen LogP contribution in [-0.2, 0) is 5.41 Å². The zero-order valence-electron chi connectivity index (χ0n) is 13.0. The van der Waals surface area contributed by atoms with Gasteiger partial charge in [-0.3, -0.25) is 0 Å². The van der Waals surface area contributed by atoms with Gasteiger partial charge in [0.05, 0.1) is 6.10 Å². The highest BCUT2D eigenvalue weighted by Gasteiger charge is 2.15. The third kappa shape index (κ3) is 5.21. The molecule has 1 unspecified atom stereocenters. The van der Waals surface area contributed by atoms with Crippen molar-refractivity contribution in [2.75, 3.05) is 6.54 Å². The van der Waals surface area contributed by atoms with Crippen LogP contribution in [0.4, 0.5) is 4.79 Å². The minimum Gasteiger partial charge on any atom is -0.387 e. The molecule has 0 aromatic heterocycles. The van der Waals surface area contributed by atoms with Gasteiger partial charge in [-0.05, 0) is 30.4 Å². The third-order valence-corrected chi connectivity index (χ3v) is 3.04. The minimum atomic E-state index is -0.693. The van der Waals surface area contributed by atoms with Gasteiger partial charge in [0.25, 0.3) is 0 Å². The molecule has 3 N–H and O–H groups in total. The molecule has 4 heteroatoms. The largest absolute Gasteiger partial charge is 0.387 e. The average molecular weight is 278 g/mol. The van der Waals surface area contributed by atoms with Crippen molar-refractivity contribution in [1.29, 1.82) is 0 Å². The van der Waals surface area contributed by atoms with Crippen molar-refractivity contribution < 1.29 is 9.90 Å². The van der Waals surface area contributed by atoms with E-state index in [0.29, 0.717) is 0 Å². The highest BCUT2D eigenvalue weighted by molar-refractivity contribution is 5.74. The molecule has 1 rings (SSSR count). The molecule has 0 aliphatic heterocycles. The minimum absolute atomic E-state index is 0.0817. The molecule has 0 aliphatic carbocycles. The Labute approximate surface area is 121 Å². The molecule has 4 nitrogen and oxygen atoms in total. The number of urea groups is 1. The van der Waals surface area contributed by atoms with Crippen molar-refractivity contribution >= 4 is 6.03 Å². The summed E-state index contributed by atoms with van der Waals surface area (Å²) in [7, 11) is 0. The van der Waals surface area contributed by atoms with Crippen LogP contribution in [0.5, 0.6) is 0 Å². The lowest BCUT2D eigenvalue weighted by Crippen LogP contribution is -2.41. The van der Waals surface area contributed by atoms with E-state index in [1.807, 2.05) is 38.1 Å². The van der Waals surface area contributed by atoms with Crippen molar-refractivity contribution in [3.8, 4) is 0 Å². The van der Waals surface area contributed by atoms with Crippen molar-refractivity contribution in [1.82, 2.24) is 10.6 Å². The third-order valence-electron chi connectivity index (χ3n) is 3.04. The Morgan fingerprint density at radius 1 is 1.20 bits per heavy atom. The van der Waals surface area contributed by atoms with Crippen LogP contribution >= 0.6 is 0 Å². The quantitative estimate of drug-likeness (QED) is 0.793. The molecule has 0 saturated carbocycles. The Morgan fingerprint density at radius 2 is 1.75 bits per heavy atom. The Hall–Kier alpha value is -1.55. The van der Waals surface area contributed by atoms with Crippen LogP contribution in [-0.4, -0.2) is 23.7 Å². The maximum Gasteiger partial charge on any atom is 0.315 e. The molecule has 0 aliphatic rings. The lowest BCUT2D eigenvalue weighted by atomic mass is 9.86. The summed E-state index contributed by atoms with van der Waals surface area (Å²) < 4.78 is 0. The van der Waals surface area contributed by atoms with Gasteiger partial charge in [-0.15, -0.1) is 0 Å². The fourth-order valence-electron chi connectivity index (χ4n) is 1.83. The second kappa shape index (κ2) is 6.75. The standard InChI is InChI=1S/C16H26N2O2/c1-11(2)18-15(20)17-10-14(19)12-6-8-13(9-7-12)16(3,4)5/h6-9,11,14,19H,10H2,1-5H3,(H2,17,18,20). The first-order valence-electron chi connectivity index (χ1n) is 7.03. The molecule has 0 radical (unpaired) electrons. The second-order valence-corrected chi connectivity index (χ2v) is 6.40. The summed E-state index contributed by atoms with van der Waals surface area (Å²) in [4.78, 5) is 11.4. The average Bonchev–Trinajstić information content (AvgIpc) is 2.34. The number of carbonyl (C=O) groups is 1. The molecule has 1 aromatic carbocycles. The van der Waals surface area contributed by atoms with E-state index < -0.39 is 6.10 Å². The van der Waals surface area contributed by atoms with E-state index in [2.05, 4.69) is 31.4 Å². The molecule has 1 atom stereocenters. The Balaban J connectivity index is 2.56. The molecule has 0 heterocycles. The normalized spacial score (nSPS) is 13.2. The molecule has 20 heavy (non-hydrogen) atoms. The number of nitrogens with one attached hydrogen (secondary N) is 2. The highest BCUT2D eigenvalue weighted by atomic mass is 16.3. The van der Waals surface area contributed by atoms with Crippen molar-refractivity contribution in [3.05, 3.63) is 35.4 Å². The maximum atomic E-state index is 11.4. The Kier molecular flexibility index (Phi) is 5.57.